The van der Waals surface area contributed by atoms with E-state index in [4.69, 9.17) is 0 Å². The molecule has 0 atom stereocenters. The van der Waals surface area contributed by atoms with Gasteiger partial charge in [-0.1, -0.05) is 103 Å². The lowest BCUT2D eigenvalue weighted by molar-refractivity contribution is 1.16. The zero-order chi connectivity index (χ0) is 36.6. The number of hydrogen-bond donors (Lipinski definition) is 0. The van der Waals surface area contributed by atoms with Gasteiger partial charge in [0, 0.05) is 37.9 Å². The van der Waals surface area contributed by atoms with Crippen molar-refractivity contribution in [1.82, 2.24) is 13.7 Å². The lowest BCUT2D eigenvalue weighted by Gasteiger charge is -2.16. The minimum absolute atomic E-state index is 0.591. The second-order valence-electron chi connectivity index (χ2n) is 14.0. The Hall–Kier alpha value is -7.86. The summed E-state index contributed by atoms with van der Waals surface area (Å²) in [6.45, 7) is 0. The monoisotopic (exact) mass is 699 g/mol. The van der Waals surface area contributed by atoms with Crippen LogP contribution in [0.15, 0.2) is 176 Å². The number of rotatable bonds is 4. The van der Waals surface area contributed by atoms with Crippen molar-refractivity contribution >= 4 is 65.4 Å². The van der Waals surface area contributed by atoms with Gasteiger partial charge in [0.15, 0.2) is 0 Å². The van der Waals surface area contributed by atoms with Crippen molar-refractivity contribution in [1.29, 1.82) is 10.5 Å². The van der Waals surface area contributed by atoms with Crippen LogP contribution >= 0.6 is 0 Å². The number of hydrogen-bond acceptors (Lipinski definition) is 2. The van der Waals surface area contributed by atoms with E-state index in [1.165, 1.54) is 10.8 Å². The third kappa shape index (κ3) is 4.39. The molecule has 0 amide bonds. The molecule has 5 nitrogen and oxygen atoms in total. The minimum Gasteiger partial charge on any atom is -0.309 e. The van der Waals surface area contributed by atoms with Crippen LogP contribution in [0.5, 0.6) is 0 Å². The first-order valence-corrected chi connectivity index (χ1v) is 18.3. The molecule has 0 bridgehead atoms. The van der Waals surface area contributed by atoms with Gasteiger partial charge in [0.05, 0.1) is 67.4 Å². The highest BCUT2D eigenvalue weighted by Gasteiger charge is 2.22. The van der Waals surface area contributed by atoms with E-state index < -0.39 is 0 Å². The average molecular weight is 700 g/mol. The Morgan fingerprint density at radius 3 is 1.44 bits per heavy atom. The second-order valence-corrected chi connectivity index (χ2v) is 14.0. The third-order valence-electron chi connectivity index (χ3n) is 11.1. The zero-order valence-electron chi connectivity index (χ0n) is 29.5. The van der Waals surface area contributed by atoms with Gasteiger partial charge >= 0.3 is 0 Å². The molecule has 0 spiro atoms. The van der Waals surface area contributed by atoms with Crippen LogP contribution in [0.25, 0.3) is 93.6 Å². The maximum atomic E-state index is 10.7. The van der Waals surface area contributed by atoms with Crippen LogP contribution in [0.3, 0.4) is 0 Å². The summed E-state index contributed by atoms with van der Waals surface area (Å²) in [6, 6.07) is 65.8. The summed E-state index contributed by atoms with van der Waals surface area (Å²) in [5.41, 5.74) is 12.4. The van der Waals surface area contributed by atoms with Gasteiger partial charge < -0.3 is 13.7 Å². The molecule has 3 heterocycles. The van der Waals surface area contributed by atoms with E-state index in [1.54, 1.807) is 0 Å². The molecule has 0 aliphatic carbocycles. The van der Waals surface area contributed by atoms with E-state index >= 15 is 0 Å². The van der Waals surface area contributed by atoms with Gasteiger partial charge in [0.1, 0.15) is 6.07 Å². The molecule has 0 radical (unpaired) electrons. The van der Waals surface area contributed by atoms with Gasteiger partial charge in [-0.25, -0.2) is 0 Å². The standard InChI is InChI=1S/C50H29N5/c51-30-32-24-26-47-40(28-32)50-48(22-11-23-49(50)55-45-20-9-4-15-38(45)39-16-5-10-21-46(39)55)54(47)42-17-6-1-12-35(42)33-25-27-41(34(29-33)31-52)53-43-18-7-2-13-36(43)37-14-3-8-19-44(37)53/h1-29H. The van der Waals surface area contributed by atoms with Crippen LogP contribution in [0.1, 0.15) is 11.1 Å². The number of nitriles is 2. The van der Waals surface area contributed by atoms with E-state index in [2.05, 4.69) is 171 Å². The summed E-state index contributed by atoms with van der Waals surface area (Å²) in [5, 5.41) is 27.5. The summed E-state index contributed by atoms with van der Waals surface area (Å²) in [4.78, 5) is 0. The van der Waals surface area contributed by atoms with Crippen LogP contribution in [-0.2, 0) is 0 Å². The minimum atomic E-state index is 0.591. The van der Waals surface area contributed by atoms with Gasteiger partial charge in [-0.2, -0.15) is 10.5 Å². The fourth-order valence-corrected chi connectivity index (χ4v) is 8.83. The van der Waals surface area contributed by atoms with Gasteiger partial charge in [-0.3, -0.25) is 0 Å². The van der Waals surface area contributed by atoms with E-state index in [1.807, 2.05) is 30.3 Å². The highest BCUT2D eigenvalue weighted by molar-refractivity contribution is 6.17. The van der Waals surface area contributed by atoms with Crippen molar-refractivity contribution in [3.63, 3.8) is 0 Å². The highest BCUT2D eigenvalue weighted by atomic mass is 15.0. The first kappa shape index (κ1) is 30.7. The average Bonchev–Trinajstić information content (AvgIpc) is 3.89. The van der Waals surface area contributed by atoms with E-state index in [0.29, 0.717) is 11.1 Å². The Bertz CT molecular complexity index is 3360. The summed E-state index contributed by atoms with van der Waals surface area (Å²) < 4.78 is 6.87. The molecule has 0 aliphatic rings. The number of fused-ring (bicyclic) bond motifs is 9. The molecule has 254 valence electrons. The van der Waals surface area contributed by atoms with Crippen LogP contribution in [0, 0.1) is 22.7 Å². The molecule has 0 unspecified atom stereocenters. The molecule has 0 fully saturated rings. The molecule has 11 aromatic rings. The first-order valence-electron chi connectivity index (χ1n) is 18.3. The quantitative estimate of drug-likeness (QED) is 0.184. The van der Waals surface area contributed by atoms with Gasteiger partial charge in [0.2, 0.25) is 0 Å². The van der Waals surface area contributed by atoms with Crippen LogP contribution in [0.2, 0.25) is 0 Å². The van der Waals surface area contributed by atoms with E-state index in [9.17, 15) is 10.5 Å². The topological polar surface area (TPSA) is 62.4 Å². The Labute approximate surface area is 316 Å². The molecule has 0 aliphatic heterocycles. The van der Waals surface area contributed by atoms with Gasteiger partial charge in [-0.05, 0) is 78.4 Å². The van der Waals surface area contributed by atoms with Crippen LogP contribution in [-0.4, -0.2) is 13.7 Å². The number of para-hydroxylation sites is 5. The van der Waals surface area contributed by atoms with Crippen molar-refractivity contribution < 1.29 is 0 Å². The molecule has 8 aromatic carbocycles. The van der Waals surface area contributed by atoms with E-state index in [0.717, 1.165) is 82.8 Å². The predicted molar refractivity (Wildman–Crippen MR) is 224 cm³/mol. The Kier molecular flexibility index (Phi) is 6.61. The number of benzene rings is 8. The molecule has 3 aromatic heterocycles. The molecule has 0 saturated carbocycles. The number of aromatic nitrogens is 3. The smallest absolute Gasteiger partial charge is 0.101 e. The third-order valence-corrected chi connectivity index (χ3v) is 11.1. The van der Waals surface area contributed by atoms with Crippen molar-refractivity contribution in [3.8, 4) is 40.3 Å². The predicted octanol–water partition coefficient (Wildman–Crippen LogP) is 12.4. The molecule has 0 N–H and O–H groups in total. The fraction of sp³-hybridized carbons (Fsp3) is 0. The summed E-state index contributed by atoms with van der Waals surface area (Å²) in [5.74, 6) is 0. The molecule has 0 saturated heterocycles. The fourth-order valence-electron chi connectivity index (χ4n) is 8.83. The summed E-state index contributed by atoms with van der Waals surface area (Å²) in [6.07, 6.45) is 0. The molecule has 11 rings (SSSR count). The number of nitrogens with zero attached hydrogens (tertiary/aromatic N) is 5. The van der Waals surface area contributed by atoms with Crippen molar-refractivity contribution in [2.75, 3.05) is 0 Å². The molecule has 5 heteroatoms. The van der Waals surface area contributed by atoms with Crippen LogP contribution in [0.4, 0.5) is 0 Å². The summed E-state index contributed by atoms with van der Waals surface area (Å²) >= 11 is 0. The van der Waals surface area contributed by atoms with Gasteiger partial charge in [0.25, 0.3) is 0 Å². The second kappa shape index (κ2) is 11.8. The van der Waals surface area contributed by atoms with Crippen molar-refractivity contribution in [2.24, 2.45) is 0 Å². The highest BCUT2D eigenvalue weighted by Crippen LogP contribution is 2.42. The first-order chi connectivity index (χ1) is 27.2. The lowest BCUT2D eigenvalue weighted by atomic mass is 10.00. The van der Waals surface area contributed by atoms with Gasteiger partial charge in [-0.15, -0.1) is 0 Å². The Morgan fingerprint density at radius 2 is 0.836 bits per heavy atom. The lowest BCUT2D eigenvalue weighted by Crippen LogP contribution is -2.00. The van der Waals surface area contributed by atoms with Crippen LogP contribution < -0.4 is 0 Å². The van der Waals surface area contributed by atoms with E-state index in [-0.39, 0.29) is 0 Å². The summed E-state index contributed by atoms with van der Waals surface area (Å²) in [7, 11) is 0. The zero-order valence-corrected chi connectivity index (χ0v) is 29.5. The SMILES string of the molecule is N#Cc1ccc2c(c1)c1c(-n3c4ccccc4c4ccccc43)cccc1n2-c1ccccc1-c1ccc(-n2c3ccccc3c3ccccc32)c(C#N)c1. The van der Waals surface area contributed by atoms with Crippen molar-refractivity contribution in [2.45, 2.75) is 0 Å². The normalized spacial score (nSPS) is 11.6. The molecule has 55 heavy (non-hydrogen) atoms. The maximum absolute atomic E-state index is 10.7. The molecular formula is C50H29N5. The molecular weight excluding hydrogens is 671 g/mol. The maximum Gasteiger partial charge on any atom is 0.101 e. The Balaban J connectivity index is 1.17. The Morgan fingerprint density at radius 1 is 0.345 bits per heavy atom. The largest absolute Gasteiger partial charge is 0.309 e. The van der Waals surface area contributed by atoms with Crippen molar-refractivity contribution in [3.05, 3.63) is 187 Å².